The van der Waals surface area contributed by atoms with E-state index in [4.69, 9.17) is 26.8 Å². The molecule has 2 N–H and O–H groups in total. The van der Waals surface area contributed by atoms with E-state index < -0.39 is 23.7 Å². The van der Waals surface area contributed by atoms with E-state index in [1.54, 1.807) is 42.5 Å². The molecule has 1 unspecified atom stereocenters. The Kier molecular flexibility index (Phi) is 8.06. The van der Waals surface area contributed by atoms with E-state index in [0.29, 0.717) is 39.8 Å². The molecule has 0 aliphatic carbocycles. The topological polar surface area (TPSA) is 64.8 Å². The number of nitrogens with zero attached hydrogens (tertiary/aromatic N) is 1. The molecular weight excluding hydrogens is 469 g/mol. The number of carbonyl (C=O) groups excluding carboxylic acids is 1. The smallest absolute Gasteiger partial charge is 0.416 e. The maximum Gasteiger partial charge on any atom is 0.416 e. The Morgan fingerprint density at radius 1 is 1.00 bits per heavy atom. The molecule has 1 amide bonds. The number of halogens is 4. The van der Waals surface area contributed by atoms with Gasteiger partial charge in [-0.3, -0.25) is 4.79 Å². The zero-order valence-electron chi connectivity index (χ0n) is 18.6. The van der Waals surface area contributed by atoms with Crippen molar-refractivity contribution in [1.82, 2.24) is 0 Å². The molecule has 0 radical (unpaired) electrons. The minimum atomic E-state index is -4.41. The van der Waals surface area contributed by atoms with Crippen LogP contribution in [0.3, 0.4) is 0 Å². The van der Waals surface area contributed by atoms with Crippen LogP contribution in [-0.4, -0.2) is 26.7 Å². The monoisotopic (exact) mass is 492 g/mol. The first kappa shape index (κ1) is 25.4. The van der Waals surface area contributed by atoms with Crippen LogP contribution in [0.1, 0.15) is 22.7 Å². The number of hydrogen-bond acceptors (Lipinski definition) is 4. The van der Waals surface area contributed by atoms with Gasteiger partial charge in [-0.05, 0) is 53.9 Å². The van der Waals surface area contributed by atoms with Crippen LogP contribution < -0.4 is 20.1 Å². The van der Waals surface area contributed by atoms with Gasteiger partial charge in [0.1, 0.15) is 6.04 Å². The number of carbonyl (C=O) groups is 1. The summed E-state index contributed by atoms with van der Waals surface area (Å²) in [4.78, 5) is 14.9. The summed E-state index contributed by atoms with van der Waals surface area (Å²) in [6, 6.07) is 15.6. The third-order valence-corrected chi connectivity index (χ3v) is 5.56. The van der Waals surface area contributed by atoms with Crippen molar-refractivity contribution < 1.29 is 27.4 Å². The predicted molar refractivity (Wildman–Crippen MR) is 125 cm³/mol. The van der Waals surface area contributed by atoms with Crippen molar-refractivity contribution in [2.45, 2.75) is 18.6 Å². The number of rotatable bonds is 8. The Balaban J connectivity index is 1.91. The van der Waals surface area contributed by atoms with E-state index in [2.05, 4.69) is 0 Å². The molecule has 0 aromatic heterocycles. The minimum Gasteiger partial charge on any atom is -0.493 e. The molecule has 0 fully saturated rings. The highest BCUT2D eigenvalue weighted by atomic mass is 35.5. The first-order chi connectivity index (χ1) is 16.1. The molecule has 3 aromatic rings. The van der Waals surface area contributed by atoms with Crippen LogP contribution in [-0.2, 0) is 17.4 Å². The maximum absolute atomic E-state index is 13.5. The lowest BCUT2D eigenvalue weighted by molar-refractivity contribution is -0.137. The highest BCUT2D eigenvalue weighted by molar-refractivity contribution is 6.30. The maximum atomic E-state index is 13.5. The Morgan fingerprint density at radius 2 is 1.68 bits per heavy atom. The van der Waals surface area contributed by atoms with Gasteiger partial charge in [-0.25, -0.2) is 0 Å². The van der Waals surface area contributed by atoms with Crippen molar-refractivity contribution in [1.29, 1.82) is 0 Å². The van der Waals surface area contributed by atoms with Crippen LogP contribution >= 0.6 is 11.6 Å². The van der Waals surface area contributed by atoms with Crippen molar-refractivity contribution in [3.63, 3.8) is 0 Å². The summed E-state index contributed by atoms with van der Waals surface area (Å²) in [5.74, 6) is 0.505. The number of nitrogens with two attached hydrogens (primary N) is 1. The highest BCUT2D eigenvalue weighted by Gasteiger charge is 2.30. The summed E-state index contributed by atoms with van der Waals surface area (Å²) in [5.41, 5.74) is 7.24. The van der Waals surface area contributed by atoms with Crippen molar-refractivity contribution in [2.75, 3.05) is 25.7 Å². The number of amides is 1. The number of alkyl halides is 3. The van der Waals surface area contributed by atoms with E-state index in [0.717, 1.165) is 12.1 Å². The van der Waals surface area contributed by atoms with Crippen LogP contribution in [0.4, 0.5) is 18.9 Å². The molecule has 9 heteroatoms. The fourth-order valence-electron chi connectivity index (χ4n) is 3.47. The van der Waals surface area contributed by atoms with Gasteiger partial charge in [0, 0.05) is 23.3 Å². The predicted octanol–water partition coefficient (Wildman–Crippen LogP) is 5.65. The van der Waals surface area contributed by atoms with Gasteiger partial charge in [-0.1, -0.05) is 35.9 Å². The molecule has 1 atom stereocenters. The van der Waals surface area contributed by atoms with E-state index in [-0.39, 0.29) is 6.54 Å². The van der Waals surface area contributed by atoms with Crippen molar-refractivity contribution in [2.24, 2.45) is 5.73 Å². The van der Waals surface area contributed by atoms with Gasteiger partial charge >= 0.3 is 6.18 Å². The van der Waals surface area contributed by atoms with Gasteiger partial charge in [0.05, 0.1) is 19.8 Å². The zero-order valence-corrected chi connectivity index (χ0v) is 19.4. The summed E-state index contributed by atoms with van der Waals surface area (Å²) in [6.07, 6.45) is -4.11. The molecular formula is C25H24ClF3N2O3. The average Bonchev–Trinajstić information content (AvgIpc) is 2.83. The Hall–Kier alpha value is -3.23. The standard InChI is InChI=1S/C25H24ClF3N2O3/c1-33-21-11-10-20(15-22(21)34-2)31(24(32)23(30)17-4-3-5-19(26)14-17)13-12-16-6-8-18(9-7-16)25(27,28)29/h3-11,14-15,23H,12-13,30H2,1-2H3. The van der Waals surface area contributed by atoms with Gasteiger partial charge in [-0.2, -0.15) is 13.2 Å². The second-order valence-electron chi connectivity index (χ2n) is 7.51. The second-order valence-corrected chi connectivity index (χ2v) is 7.94. The molecule has 34 heavy (non-hydrogen) atoms. The summed E-state index contributed by atoms with van der Waals surface area (Å²) in [5, 5.41) is 0.447. The molecule has 0 aliphatic rings. The lowest BCUT2D eigenvalue weighted by Crippen LogP contribution is -2.40. The van der Waals surface area contributed by atoms with Gasteiger partial charge in [0.15, 0.2) is 11.5 Å². The molecule has 0 heterocycles. The summed E-state index contributed by atoms with van der Waals surface area (Å²) >= 11 is 6.06. The molecule has 180 valence electrons. The lowest BCUT2D eigenvalue weighted by Gasteiger charge is -2.27. The number of ether oxygens (including phenoxy) is 2. The third kappa shape index (κ3) is 6.01. The molecule has 0 saturated carbocycles. The van der Waals surface area contributed by atoms with Gasteiger partial charge < -0.3 is 20.1 Å². The van der Waals surface area contributed by atoms with Crippen LogP contribution in [0, 0.1) is 0 Å². The highest BCUT2D eigenvalue weighted by Crippen LogP contribution is 2.33. The molecule has 0 spiro atoms. The van der Waals surface area contributed by atoms with Crippen LogP contribution in [0.5, 0.6) is 11.5 Å². The number of benzene rings is 3. The first-order valence-electron chi connectivity index (χ1n) is 10.3. The molecule has 3 rings (SSSR count). The minimum absolute atomic E-state index is 0.175. The van der Waals surface area contributed by atoms with E-state index >= 15 is 0 Å². The van der Waals surface area contributed by atoms with Crippen LogP contribution in [0.15, 0.2) is 66.7 Å². The van der Waals surface area contributed by atoms with Gasteiger partial charge in [-0.15, -0.1) is 0 Å². The molecule has 5 nitrogen and oxygen atoms in total. The van der Waals surface area contributed by atoms with E-state index in [9.17, 15) is 18.0 Å². The second kappa shape index (κ2) is 10.8. The summed E-state index contributed by atoms with van der Waals surface area (Å²) in [6.45, 7) is 0.175. The molecule has 0 aliphatic heterocycles. The van der Waals surface area contributed by atoms with Crippen LogP contribution in [0.2, 0.25) is 5.02 Å². The zero-order chi connectivity index (χ0) is 24.9. The SMILES string of the molecule is COc1ccc(N(CCc2ccc(C(F)(F)F)cc2)C(=O)C(N)c2cccc(Cl)c2)cc1OC. The quantitative estimate of drug-likeness (QED) is 0.441. The van der Waals surface area contributed by atoms with Crippen LogP contribution in [0.25, 0.3) is 0 Å². The first-order valence-corrected chi connectivity index (χ1v) is 10.7. The summed E-state index contributed by atoms with van der Waals surface area (Å²) < 4.78 is 49.2. The molecule has 3 aromatic carbocycles. The van der Waals surface area contributed by atoms with Crippen molar-refractivity contribution in [3.05, 3.63) is 88.4 Å². The largest absolute Gasteiger partial charge is 0.493 e. The van der Waals surface area contributed by atoms with Crippen molar-refractivity contribution >= 4 is 23.2 Å². The average molecular weight is 493 g/mol. The number of methoxy groups -OCH3 is 2. The molecule has 0 bridgehead atoms. The van der Waals surface area contributed by atoms with Gasteiger partial charge in [0.25, 0.3) is 0 Å². The van der Waals surface area contributed by atoms with E-state index in [1.807, 2.05) is 0 Å². The lowest BCUT2D eigenvalue weighted by atomic mass is 10.0. The third-order valence-electron chi connectivity index (χ3n) is 5.32. The fourth-order valence-corrected chi connectivity index (χ4v) is 3.67. The number of hydrogen-bond donors (Lipinski definition) is 1. The number of anilines is 1. The normalized spacial score (nSPS) is 12.2. The Bertz CT molecular complexity index is 1140. The van der Waals surface area contributed by atoms with Crippen molar-refractivity contribution in [3.8, 4) is 11.5 Å². The Morgan fingerprint density at radius 3 is 2.26 bits per heavy atom. The molecule has 0 saturated heterocycles. The van der Waals surface area contributed by atoms with Gasteiger partial charge in [0.2, 0.25) is 5.91 Å². The Labute approximate surface area is 200 Å². The fraction of sp³-hybridized carbons (Fsp3) is 0.240. The van der Waals surface area contributed by atoms with E-state index in [1.165, 1.54) is 31.3 Å². The summed E-state index contributed by atoms with van der Waals surface area (Å²) in [7, 11) is 2.98.